The number of carbonyl (C=O) groups excluding carboxylic acids is 1. The van der Waals surface area contributed by atoms with Crippen LogP contribution in [0.2, 0.25) is 0 Å². The lowest BCUT2D eigenvalue weighted by molar-refractivity contribution is -0.138. The number of amides is 1. The highest BCUT2D eigenvalue weighted by molar-refractivity contribution is 7.09. The van der Waals surface area contributed by atoms with Crippen LogP contribution in [0.3, 0.4) is 0 Å². The molecule has 13 heteroatoms. The van der Waals surface area contributed by atoms with Crippen molar-refractivity contribution in [1.29, 1.82) is 0 Å². The normalized spacial score (nSPS) is 13.9. The van der Waals surface area contributed by atoms with Crippen molar-refractivity contribution in [1.82, 2.24) is 15.3 Å². The third-order valence-electron chi connectivity index (χ3n) is 4.29. The van der Waals surface area contributed by atoms with Crippen molar-refractivity contribution in [2.45, 2.75) is 84.2 Å². The minimum atomic E-state index is -4.72. The Labute approximate surface area is 203 Å². The molecule has 0 bridgehead atoms. The predicted molar refractivity (Wildman–Crippen MR) is 119 cm³/mol. The molecule has 0 atom stereocenters. The van der Waals surface area contributed by atoms with Gasteiger partial charge in [0.2, 0.25) is 4.80 Å². The molecule has 0 fully saturated rings. The monoisotopic (exact) mass is 526 g/mol. The molecule has 0 saturated carbocycles. The Morgan fingerprint density at radius 1 is 1.09 bits per heavy atom. The average Bonchev–Trinajstić information content (AvgIpc) is 3.07. The fourth-order valence-electron chi connectivity index (χ4n) is 2.59. The van der Waals surface area contributed by atoms with Gasteiger partial charge in [0, 0.05) is 23.9 Å². The van der Waals surface area contributed by atoms with Gasteiger partial charge in [-0.1, -0.05) is 32.1 Å². The molecular formula is C22H28F6N4O2S. The molecule has 0 radical (unpaired) electrons. The van der Waals surface area contributed by atoms with E-state index >= 15 is 0 Å². The molecule has 0 aliphatic carbocycles. The van der Waals surface area contributed by atoms with E-state index in [1.165, 1.54) is 4.68 Å². The van der Waals surface area contributed by atoms with Gasteiger partial charge in [-0.15, -0.1) is 0 Å². The van der Waals surface area contributed by atoms with Crippen molar-refractivity contribution < 1.29 is 36.0 Å². The molecule has 1 aromatic heterocycles. The minimum Gasteiger partial charge on any atom is -0.407 e. The first-order chi connectivity index (χ1) is 15.8. The number of rotatable bonds is 6. The van der Waals surface area contributed by atoms with Crippen molar-refractivity contribution in [3.8, 4) is 5.75 Å². The fourth-order valence-corrected chi connectivity index (χ4v) is 3.57. The van der Waals surface area contributed by atoms with E-state index in [2.05, 4.69) is 15.6 Å². The number of aryl methyl sites for hydroxylation is 1. The third-order valence-corrected chi connectivity index (χ3v) is 5.67. The SMILES string of the molecule is CC(C)(C)NOc1ccc(C(F)(F)F)cc1C(=O)/N=c1\sc(C(C)(C)C)nn1CCCC(F)(F)F. The molecule has 1 aromatic carbocycles. The number of hydroxylamine groups is 1. The number of nitrogens with one attached hydrogen (secondary N) is 1. The summed E-state index contributed by atoms with van der Waals surface area (Å²) in [6.07, 6.45) is -10.4. The molecule has 0 spiro atoms. The highest BCUT2D eigenvalue weighted by Gasteiger charge is 2.32. The van der Waals surface area contributed by atoms with Gasteiger partial charge >= 0.3 is 12.4 Å². The fraction of sp³-hybridized carbons (Fsp3) is 0.591. The number of benzene rings is 1. The topological polar surface area (TPSA) is 68.5 Å². The van der Waals surface area contributed by atoms with E-state index in [0.717, 1.165) is 23.5 Å². The van der Waals surface area contributed by atoms with Crippen molar-refractivity contribution in [2.75, 3.05) is 0 Å². The zero-order valence-electron chi connectivity index (χ0n) is 20.2. The van der Waals surface area contributed by atoms with Gasteiger partial charge in [0.25, 0.3) is 5.91 Å². The van der Waals surface area contributed by atoms with Crippen molar-refractivity contribution in [2.24, 2.45) is 4.99 Å². The first kappa shape index (κ1) is 28.8. The second kappa shape index (κ2) is 10.3. The molecule has 0 saturated heterocycles. The zero-order valence-corrected chi connectivity index (χ0v) is 21.0. The summed E-state index contributed by atoms with van der Waals surface area (Å²) in [6, 6.07) is 2.42. The van der Waals surface area contributed by atoms with Crippen LogP contribution in [-0.2, 0) is 18.1 Å². The lowest BCUT2D eigenvalue weighted by atomic mass is 9.98. The summed E-state index contributed by atoms with van der Waals surface area (Å²) in [5.41, 5.74) is 0.0354. The van der Waals surface area contributed by atoms with Crippen LogP contribution in [0.5, 0.6) is 5.75 Å². The van der Waals surface area contributed by atoms with Crippen LogP contribution in [0.4, 0.5) is 26.3 Å². The minimum absolute atomic E-state index is 0.0192. The van der Waals surface area contributed by atoms with Crippen molar-refractivity contribution >= 4 is 17.2 Å². The second-order valence-corrected chi connectivity index (χ2v) is 10.9. The summed E-state index contributed by atoms with van der Waals surface area (Å²) in [5.74, 6) is -1.22. The van der Waals surface area contributed by atoms with E-state index in [9.17, 15) is 31.1 Å². The largest absolute Gasteiger partial charge is 0.416 e. The molecule has 2 aromatic rings. The molecular weight excluding hydrogens is 498 g/mol. The highest BCUT2D eigenvalue weighted by Crippen LogP contribution is 2.33. The van der Waals surface area contributed by atoms with Crippen LogP contribution in [0.15, 0.2) is 23.2 Å². The molecule has 1 N–H and O–H groups in total. The molecule has 0 aliphatic rings. The summed E-state index contributed by atoms with van der Waals surface area (Å²) < 4.78 is 78.9. The van der Waals surface area contributed by atoms with Crippen LogP contribution in [-0.4, -0.2) is 27.4 Å². The van der Waals surface area contributed by atoms with Gasteiger partial charge in [0.05, 0.1) is 11.1 Å². The number of nitrogens with zero attached hydrogens (tertiary/aromatic N) is 3. The van der Waals surface area contributed by atoms with Gasteiger partial charge in [-0.05, 0) is 45.4 Å². The van der Waals surface area contributed by atoms with E-state index in [-0.39, 0.29) is 23.5 Å². The Bertz CT molecular complexity index is 1110. The van der Waals surface area contributed by atoms with Crippen LogP contribution in [0.25, 0.3) is 0 Å². The van der Waals surface area contributed by atoms with Gasteiger partial charge in [0.1, 0.15) is 5.01 Å². The summed E-state index contributed by atoms with van der Waals surface area (Å²) in [5, 5.41) is 4.80. The standard InChI is InChI=1S/C22H28F6N4O2S/c1-19(2,3)17-30-32(11-7-10-21(23,24)25)18(35-17)29-16(33)14-12-13(22(26,27)28)8-9-15(14)34-31-20(4,5)6/h8-9,12,31H,7,10-11H2,1-6H3/b29-18-. The van der Waals surface area contributed by atoms with Crippen LogP contribution in [0, 0.1) is 0 Å². The number of carbonyl (C=O) groups is 1. The van der Waals surface area contributed by atoms with Gasteiger partial charge < -0.3 is 4.84 Å². The molecule has 0 unspecified atom stereocenters. The Hall–Kier alpha value is -2.41. The number of hydrogen-bond donors (Lipinski definition) is 1. The lowest BCUT2D eigenvalue weighted by Gasteiger charge is -2.21. The maximum absolute atomic E-state index is 13.3. The predicted octanol–water partition coefficient (Wildman–Crippen LogP) is 6.03. The van der Waals surface area contributed by atoms with Crippen molar-refractivity contribution in [3.05, 3.63) is 39.1 Å². The third kappa shape index (κ3) is 8.95. The molecule has 1 amide bonds. The maximum atomic E-state index is 13.3. The van der Waals surface area contributed by atoms with Gasteiger partial charge in [-0.25, -0.2) is 4.68 Å². The molecule has 35 heavy (non-hydrogen) atoms. The Morgan fingerprint density at radius 3 is 2.23 bits per heavy atom. The van der Waals surface area contributed by atoms with Crippen LogP contribution in [0.1, 0.15) is 75.3 Å². The van der Waals surface area contributed by atoms with E-state index in [0.29, 0.717) is 11.1 Å². The summed E-state index contributed by atoms with van der Waals surface area (Å²) in [4.78, 5) is 22.3. The number of hydrogen-bond acceptors (Lipinski definition) is 5. The summed E-state index contributed by atoms with van der Waals surface area (Å²) >= 11 is 0.985. The lowest BCUT2D eigenvalue weighted by Crippen LogP contribution is -2.38. The number of aromatic nitrogens is 2. The van der Waals surface area contributed by atoms with Crippen LogP contribution < -0.4 is 15.1 Å². The van der Waals surface area contributed by atoms with Gasteiger partial charge in [0.15, 0.2) is 5.75 Å². The van der Waals surface area contributed by atoms with E-state index < -0.39 is 46.8 Å². The molecule has 2 rings (SSSR count). The Morgan fingerprint density at radius 2 is 1.71 bits per heavy atom. The van der Waals surface area contributed by atoms with Gasteiger partial charge in [-0.2, -0.15) is 41.9 Å². The Kier molecular flexibility index (Phi) is 8.48. The number of alkyl halides is 6. The van der Waals surface area contributed by atoms with Gasteiger partial charge in [-0.3, -0.25) is 4.79 Å². The maximum Gasteiger partial charge on any atom is 0.416 e. The van der Waals surface area contributed by atoms with Crippen LogP contribution >= 0.6 is 11.3 Å². The Balaban J connectivity index is 2.54. The molecule has 6 nitrogen and oxygen atoms in total. The highest BCUT2D eigenvalue weighted by atomic mass is 32.1. The molecule has 196 valence electrons. The average molecular weight is 527 g/mol. The quantitative estimate of drug-likeness (QED) is 0.369. The van der Waals surface area contributed by atoms with Crippen molar-refractivity contribution in [3.63, 3.8) is 0 Å². The summed E-state index contributed by atoms with van der Waals surface area (Å²) in [7, 11) is 0. The first-order valence-corrected chi connectivity index (χ1v) is 11.5. The molecule has 1 heterocycles. The second-order valence-electron chi connectivity index (χ2n) is 9.96. The van der Waals surface area contributed by atoms with E-state index in [4.69, 9.17) is 4.84 Å². The summed E-state index contributed by atoms with van der Waals surface area (Å²) in [6.45, 7) is 10.6. The first-order valence-electron chi connectivity index (χ1n) is 10.7. The van der Waals surface area contributed by atoms with E-state index in [1.54, 1.807) is 20.8 Å². The number of halogens is 6. The smallest absolute Gasteiger partial charge is 0.407 e. The zero-order chi connectivity index (χ0) is 26.8. The van der Waals surface area contributed by atoms with E-state index in [1.807, 2.05) is 20.8 Å². The molecule has 0 aliphatic heterocycles.